The normalized spacial score (nSPS) is 15.9. The van der Waals surface area contributed by atoms with Crippen LogP contribution in [0.1, 0.15) is 39.5 Å². The fourth-order valence-electron chi connectivity index (χ4n) is 3.46. The number of carbonyl (C=O) groups is 2. The van der Waals surface area contributed by atoms with Crippen molar-refractivity contribution in [1.82, 2.24) is 15.3 Å². The number of ether oxygens (including phenoxy) is 1. The third kappa shape index (κ3) is 8.82. The van der Waals surface area contributed by atoms with Crippen molar-refractivity contribution in [3.8, 4) is 5.88 Å². The van der Waals surface area contributed by atoms with Crippen molar-refractivity contribution in [1.29, 1.82) is 0 Å². The molecule has 0 radical (unpaired) electrons. The zero-order chi connectivity index (χ0) is 24.8. The number of para-hydroxylation sites is 1. The van der Waals surface area contributed by atoms with Crippen molar-refractivity contribution >= 4 is 28.8 Å². The summed E-state index contributed by atoms with van der Waals surface area (Å²) in [5.41, 5.74) is 0.950. The van der Waals surface area contributed by atoms with Gasteiger partial charge in [0, 0.05) is 25.7 Å². The lowest BCUT2D eigenvalue weighted by Crippen LogP contribution is -2.51. The van der Waals surface area contributed by atoms with Gasteiger partial charge in [-0.15, -0.1) is 0 Å². The Labute approximate surface area is 200 Å². The van der Waals surface area contributed by atoms with Gasteiger partial charge in [0.2, 0.25) is 11.8 Å². The number of carboxylic acids is 2. The largest absolute Gasteiger partial charge is 0.545 e. The van der Waals surface area contributed by atoms with Gasteiger partial charge < -0.3 is 34.8 Å². The molecule has 0 amide bonds. The van der Waals surface area contributed by atoms with Crippen LogP contribution in [0.2, 0.25) is 0 Å². The van der Waals surface area contributed by atoms with Crippen LogP contribution in [0.4, 0.5) is 5.95 Å². The van der Waals surface area contributed by atoms with Crippen molar-refractivity contribution in [3.05, 3.63) is 48.6 Å². The van der Waals surface area contributed by atoms with E-state index in [-0.39, 0.29) is 0 Å². The first-order chi connectivity index (χ1) is 16.5. The topological polar surface area (TPSA) is 131 Å². The third-order valence-corrected chi connectivity index (χ3v) is 5.15. The van der Waals surface area contributed by atoms with E-state index in [1.54, 1.807) is 0 Å². The summed E-state index contributed by atoms with van der Waals surface area (Å²) < 4.78 is 6.06. The monoisotopic (exact) mass is 468 g/mol. The molecule has 2 aromatic rings. The molecule has 1 atom stereocenters. The van der Waals surface area contributed by atoms with Crippen LogP contribution in [0.5, 0.6) is 5.88 Å². The average Bonchev–Trinajstić information content (AvgIpc) is 2.84. The number of fused-ring (bicyclic) bond motifs is 1. The fraction of sp³-hybridized carbons (Fsp3) is 0.440. The summed E-state index contributed by atoms with van der Waals surface area (Å²) in [6.45, 7) is 7.79. The number of hydrogen-bond acceptors (Lipinski definition) is 9. The van der Waals surface area contributed by atoms with E-state index in [9.17, 15) is 19.8 Å². The molecule has 9 nitrogen and oxygen atoms in total. The van der Waals surface area contributed by atoms with Crippen LogP contribution in [-0.2, 0) is 9.59 Å². The lowest BCUT2D eigenvalue weighted by molar-refractivity contribution is -0.301. The Morgan fingerprint density at radius 3 is 2.59 bits per heavy atom. The quantitative estimate of drug-likeness (QED) is 0.308. The predicted molar refractivity (Wildman–Crippen MR) is 127 cm³/mol. The standard InChI is InChI=1S/C21H30N4O.C4H4O4/c1-3-5-9-15-26-20-18-11-7-8-12-19(18)23-21(24-20)25-14-13-22-16-17(25)10-6-4-2;5-3(6)1-2-4(7)8/h4,6-8,11-12,17,22H,3,5,9-10,13-16H2,1-2H3;1-2H,(H,5,6)(H,7,8)/p-2/b;2-1+. The SMILES string of the molecule is CC=CCC1CNCCN1c1nc(OCCCCC)c2ccccc2n1.O=C([O-])/C=C/C(=O)[O-]. The maximum atomic E-state index is 9.41. The van der Waals surface area contributed by atoms with Crippen LogP contribution < -0.4 is 25.2 Å². The summed E-state index contributed by atoms with van der Waals surface area (Å²) in [7, 11) is 0. The zero-order valence-electron chi connectivity index (χ0n) is 19.7. The molecule has 0 spiro atoms. The van der Waals surface area contributed by atoms with E-state index < -0.39 is 11.9 Å². The molecule has 0 saturated carbocycles. The van der Waals surface area contributed by atoms with Gasteiger partial charge in [0.1, 0.15) is 0 Å². The minimum absolute atomic E-state index is 0.369. The number of nitrogens with one attached hydrogen (secondary N) is 1. The summed E-state index contributed by atoms with van der Waals surface area (Å²) >= 11 is 0. The van der Waals surface area contributed by atoms with E-state index in [1.165, 1.54) is 12.8 Å². The van der Waals surface area contributed by atoms with Crippen molar-refractivity contribution in [3.63, 3.8) is 0 Å². The van der Waals surface area contributed by atoms with E-state index in [4.69, 9.17) is 14.7 Å². The third-order valence-electron chi connectivity index (χ3n) is 5.15. The lowest BCUT2D eigenvalue weighted by Gasteiger charge is -2.36. The highest BCUT2D eigenvalue weighted by atomic mass is 16.5. The number of carboxylic acid groups (broad SMARTS) is 2. The summed E-state index contributed by atoms with van der Waals surface area (Å²) in [5.74, 6) is -1.60. The van der Waals surface area contributed by atoms with Gasteiger partial charge in [-0.1, -0.05) is 44.1 Å². The second kappa shape index (κ2) is 14.6. The molecule has 9 heteroatoms. The Hall–Kier alpha value is -3.46. The van der Waals surface area contributed by atoms with E-state index in [2.05, 4.69) is 36.2 Å². The molecular weight excluding hydrogens is 436 g/mol. The smallest absolute Gasteiger partial charge is 0.229 e. The van der Waals surface area contributed by atoms with Gasteiger partial charge in [-0.2, -0.15) is 4.98 Å². The minimum Gasteiger partial charge on any atom is -0.545 e. The van der Waals surface area contributed by atoms with E-state index in [0.29, 0.717) is 30.7 Å². The van der Waals surface area contributed by atoms with Gasteiger partial charge in [0.05, 0.1) is 29.4 Å². The zero-order valence-corrected chi connectivity index (χ0v) is 19.7. The first-order valence-electron chi connectivity index (χ1n) is 11.5. The highest BCUT2D eigenvalue weighted by Crippen LogP contribution is 2.27. The van der Waals surface area contributed by atoms with Crippen LogP contribution in [-0.4, -0.2) is 54.2 Å². The van der Waals surface area contributed by atoms with Gasteiger partial charge >= 0.3 is 0 Å². The molecule has 34 heavy (non-hydrogen) atoms. The molecule has 1 N–H and O–H groups in total. The maximum absolute atomic E-state index is 9.41. The summed E-state index contributed by atoms with van der Waals surface area (Å²) in [5, 5.41) is 23.3. The number of rotatable bonds is 10. The molecule has 1 aliphatic rings. The van der Waals surface area contributed by atoms with E-state index in [0.717, 1.165) is 49.3 Å². The number of aliphatic carboxylic acids is 2. The Kier molecular flexibility index (Phi) is 11.5. The molecule has 1 fully saturated rings. The van der Waals surface area contributed by atoms with Crippen molar-refractivity contribution < 1.29 is 24.5 Å². The van der Waals surface area contributed by atoms with E-state index in [1.807, 2.05) is 24.3 Å². The van der Waals surface area contributed by atoms with Gasteiger partial charge in [-0.3, -0.25) is 0 Å². The van der Waals surface area contributed by atoms with Crippen LogP contribution >= 0.6 is 0 Å². The summed E-state index contributed by atoms with van der Waals surface area (Å²) in [4.78, 5) is 30.8. The average molecular weight is 469 g/mol. The maximum Gasteiger partial charge on any atom is 0.229 e. The first-order valence-corrected chi connectivity index (χ1v) is 11.5. The Bertz CT molecular complexity index is 976. The van der Waals surface area contributed by atoms with Crippen molar-refractivity contribution in [2.45, 2.75) is 45.6 Å². The molecule has 1 aromatic carbocycles. The Balaban J connectivity index is 0.000000440. The van der Waals surface area contributed by atoms with E-state index >= 15 is 0 Å². The van der Waals surface area contributed by atoms with Crippen LogP contribution in [0.15, 0.2) is 48.6 Å². The molecular formula is C25H32N4O5-2. The first kappa shape index (κ1) is 26.8. The number of piperazine rings is 1. The molecule has 1 unspecified atom stereocenters. The molecule has 1 aliphatic heterocycles. The molecule has 184 valence electrons. The number of unbranched alkanes of at least 4 members (excludes halogenated alkanes) is 2. The predicted octanol–water partition coefficient (Wildman–Crippen LogP) is 0.986. The molecule has 3 rings (SSSR count). The Morgan fingerprint density at radius 1 is 1.18 bits per heavy atom. The second-order valence-corrected chi connectivity index (χ2v) is 7.73. The molecule has 0 bridgehead atoms. The number of allylic oxidation sites excluding steroid dienone is 1. The van der Waals surface area contributed by atoms with Crippen molar-refractivity contribution in [2.24, 2.45) is 0 Å². The summed E-state index contributed by atoms with van der Waals surface area (Å²) in [6, 6.07) is 8.50. The number of carbonyl (C=O) groups excluding carboxylic acids is 2. The van der Waals surface area contributed by atoms with Gasteiger partial charge in [-0.05, 0) is 44.1 Å². The number of hydrogen-bond donors (Lipinski definition) is 1. The number of nitrogens with zero attached hydrogens (tertiary/aromatic N) is 3. The fourth-order valence-corrected chi connectivity index (χ4v) is 3.46. The number of anilines is 1. The van der Waals surface area contributed by atoms with Crippen LogP contribution in [0.25, 0.3) is 10.9 Å². The van der Waals surface area contributed by atoms with Crippen molar-refractivity contribution in [2.75, 3.05) is 31.1 Å². The minimum atomic E-state index is -1.55. The number of benzene rings is 1. The van der Waals surface area contributed by atoms with Crippen LogP contribution in [0, 0.1) is 0 Å². The highest BCUT2D eigenvalue weighted by molar-refractivity contribution is 5.87. The molecule has 1 saturated heterocycles. The molecule has 1 aromatic heterocycles. The Morgan fingerprint density at radius 2 is 1.91 bits per heavy atom. The van der Waals surface area contributed by atoms with Gasteiger partial charge in [-0.25, -0.2) is 4.98 Å². The summed E-state index contributed by atoms with van der Waals surface area (Å²) in [6.07, 6.45) is 9.51. The number of aromatic nitrogens is 2. The van der Waals surface area contributed by atoms with Crippen LogP contribution in [0.3, 0.4) is 0 Å². The molecule has 0 aliphatic carbocycles. The van der Waals surface area contributed by atoms with Gasteiger partial charge in [0.15, 0.2) is 0 Å². The van der Waals surface area contributed by atoms with Gasteiger partial charge in [0.25, 0.3) is 0 Å². The lowest BCUT2D eigenvalue weighted by atomic mass is 10.1. The highest BCUT2D eigenvalue weighted by Gasteiger charge is 2.24. The molecule has 2 heterocycles. The second-order valence-electron chi connectivity index (χ2n) is 7.73.